The fourth-order valence-corrected chi connectivity index (χ4v) is 2.24. The largest absolute Gasteiger partial charge is 0.353 e. The van der Waals surface area contributed by atoms with Crippen LogP contribution in [0.2, 0.25) is 0 Å². The first kappa shape index (κ1) is 10.9. The molecule has 0 radical (unpaired) electrons. The third-order valence-corrected chi connectivity index (χ3v) is 3.42. The van der Waals surface area contributed by atoms with Crippen LogP contribution in [-0.2, 0) is 4.79 Å². The second-order valence-electron chi connectivity index (χ2n) is 4.93. The molecule has 1 unspecified atom stereocenters. The maximum Gasteiger partial charge on any atom is 0.220 e. The zero-order chi connectivity index (χ0) is 10.5. The number of amides is 1. The van der Waals surface area contributed by atoms with Gasteiger partial charge in [-0.3, -0.25) is 4.79 Å². The third kappa shape index (κ3) is 4.20. The molecule has 0 spiro atoms. The van der Waals surface area contributed by atoms with Crippen LogP contribution in [0.1, 0.15) is 44.9 Å². The smallest absolute Gasteiger partial charge is 0.220 e. The van der Waals surface area contributed by atoms with Crippen molar-refractivity contribution in [3.63, 3.8) is 0 Å². The molecule has 86 valence electrons. The number of carbonyl (C=O) groups excluding carboxylic acids is 1. The van der Waals surface area contributed by atoms with Crippen LogP contribution in [0.4, 0.5) is 0 Å². The molecule has 0 aromatic rings. The molecular weight excluding hydrogens is 188 g/mol. The lowest BCUT2D eigenvalue weighted by atomic mass is 9.95. The first-order valence-corrected chi connectivity index (χ1v) is 6.34. The van der Waals surface area contributed by atoms with E-state index in [0.717, 1.165) is 31.8 Å². The summed E-state index contributed by atoms with van der Waals surface area (Å²) < 4.78 is 0. The molecule has 2 aliphatic rings. The molecule has 2 rings (SSSR count). The highest BCUT2D eigenvalue weighted by molar-refractivity contribution is 5.76. The first-order valence-electron chi connectivity index (χ1n) is 6.34. The van der Waals surface area contributed by atoms with E-state index in [1.807, 2.05) is 0 Å². The lowest BCUT2D eigenvalue weighted by Gasteiger charge is -2.12. The molecule has 1 saturated carbocycles. The Bertz CT molecular complexity index is 206. The molecule has 0 bridgehead atoms. The van der Waals surface area contributed by atoms with Crippen molar-refractivity contribution >= 4 is 5.91 Å². The van der Waals surface area contributed by atoms with Gasteiger partial charge in [0.05, 0.1) is 0 Å². The van der Waals surface area contributed by atoms with Crippen LogP contribution >= 0.6 is 0 Å². The summed E-state index contributed by atoms with van der Waals surface area (Å²) in [6.45, 7) is 2.29. The van der Waals surface area contributed by atoms with E-state index in [1.54, 1.807) is 0 Å². The zero-order valence-corrected chi connectivity index (χ0v) is 9.43. The lowest BCUT2D eigenvalue weighted by Crippen LogP contribution is -2.25. The highest BCUT2D eigenvalue weighted by Crippen LogP contribution is 2.21. The summed E-state index contributed by atoms with van der Waals surface area (Å²) in [5.41, 5.74) is 0. The van der Waals surface area contributed by atoms with Crippen LogP contribution in [-0.4, -0.2) is 25.0 Å². The van der Waals surface area contributed by atoms with Crippen molar-refractivity contribution in [2.24, 2.45) is 5.92 Å². The zero-order valence-electron chi connectivity index (χ0n) is 9.43. The Morgan fingerprint density at radius 2 is 2.07 bits per heavy atom. The van der Waals surface area contributed by atoms with Gasteiger partial charge in [-0.15, -0.1) is 0 Å². The molecule has 2 N–H and O–H groups in total. The summed E-state index contributed by atoms with van der Waals surface area (Å²) in [7, 11) is 0. The molecule has 3 heteroatoms. The minimum Gasteiger partial charge on any atom is -0.353 e. The van der Waals surface area contributed by atoms with Gasteiger partial charge in [-0.2, -0.15) is 0 Å². The van der Waals surface area contributed by atoms with Crippen LogP contribution in [0.15, 0.2) is 0 Å². The molecule has 1 saturated heterocycles. The van der Waals surface area contributed by atoms with Crippen molar-refractivity contribution in [1.82, 2.24) is 10.6 Å². The molecule has 1 amide bonds. The Morgan fingerprint density at radius 1 is 1.20 bits per heavy atom. The Morgan fingerprint density at radius 3 is 2.87 bits per heavy atom. The van der Waals surface area contributed by atoms with Crippen LogP contribution in [0.5, 0.6) is 0 Å². The average Bonchev–Trinajstić information content (AvgIpc) is 3.01. The molecule has 1 aliphatic carbocycles. The maximum atomic E-state index is 11.5. The second-order valence-corrected chi connectivity index (χ2v) is 4.93. The Kier molecular flexibility index (Phi) is 4.01. The van der Waals surface area contributed by atoms with Crippen molar-refractivity contribution in [3.8, 4) is 0 Å². The van der Waals surface area contributed by atoms with Gasteiger partial charge in [0.25, 0.3) is 0 Å². The van der Waals surface area contributed by atoms with Gasteiger partial charge in [-0.25, -0.2) is 0 Å². The molecule has 15 heavy (non-hydrogen) atoms. The highest BCUT2D eigenvalue weighted by Gasteiger charge is 2.23. The highest BCUT2D eigenvalue weighted by atomic mass is 16.1. The quantitative estimate of drug-likeness (QED) is 0.737. The molecule has 1 aliphatic heterocycles. The van der Waals surface area contributed by atoms with E-state index in [-0.39, 0.29) is 5.91 Å². The van der Waals surface area contributed by atoms with Crippen molar-refractivity contribution in [2.75, 3.05) is 13.1 Å². The minimum absolute atomic E-state index is 0.273. The van der Waals surface area contributed by atoms with Crippen molar-refractivity contribution < 1.29 is 4.79 Å². The maximum absolute atomic E-state index is 11.5. The van der Waals surface area contributed by atoms with E-state index in [2.05, 4.69) is 10.6 Å². The van der Waals surface area contributed by atoms with Gasteiger partial charge in [-0.05, 0) is 57.5 Å². The fraction of sp³-hybridized carbons (Fsp3) is 0.917. The standard InChI is InChI=1S/C12H22N2O/c15-12(14-11-4-5-11)6-3-10-2-1-8-13-9-7-10/h10-11,13H,1-9H2,(H,14,15). The van der Waals surface area contributed by atoms with E-state index in [4.69, 9.17) is 0 Å². The third-order valence-electron chi connectivity index (χ3n) is 3.42. The molecule has 1 heterocycles. The Balaban J connectivity index is 1.60. The van der Waals surface area contributed by atoms with Gasteiger partial charge in [0.1, 0.15) is 0 Å². The molecule has 1 atom stereocenters. The van der Waals surface area contributed by atoms with Gasteiger partial charge in [-0.1, -0.05) is 0 Å². The van der Waals surface area contributed by atoms with Crippen molar-refractivity contribution in [1.29, 1.82) is 0 Å². The summed E-state index contributed by atoms with van der Waals surface area (Å²) in [5.74, 6) is 1.04. The summed E-state index contributed by atoms with van der Waals surface area (Å²) in [4.78, 5) is 11.5. The predicted molar refractivity (Wildman–Crippen MR) is 60.6 cm³/mol. The van der Waals surface area contributed by atoms with E-state index in [1.165, 1.54) is 32.1 Å². The molecule has 3 nitrogen and oxygen atoms in total. The monoisotopic (exact) mass is 210 g/mol. The molecule has 0 aromatic carbocycles. The molecule has 0 aromatic heterocycles. The normalized spacial score (nSPS) is 27.1. The predicted octanol–water partition coefficient (Wildman–Crippen LogP) is 1.43. The van der Waals surface area contributed by atoms with Crippen LogP contribution in [0, 0.1) is 5.92 Å². The summed E-state index contributed by atoms with van der Waals surface area (Å²) in [5, 5.41) is 6.46. The number of carbonyl (C=O) groups is 1. The molecular formula is C12H22N2O. The van der Waals surface area contributed by atoms with Gasteiger partial charge < -0.3 is 10.6 Å². The fourth-order valence-electron chi connectivity index (χ4n) is 2.24. The van der Waals surface area contributed by atoms with Gasteiger partial charge in [0.2, 0.25) is 5.91 Å². The van der Waals surface area contributed by atoms with E-state index < -0.39 is 0 Å². The van der Waals surface area contributed by atoms with E-state index in [9.17, 15) is 4.79 Å². The van der Waals surface area contributed by atoms with Crippen LogP contribution < -0.4 is 10.6 Å². The summed E-state index contributed by atoms with van der Waals surface area (Å²) in [6, 6.07) is 0.522. The lowest BCUT2D eigenvalue weighted by molar-refractivity contribution is -0.121. The topological polar surface area (TPSA) is 41.1 Å². The summed E-state index contributed by atoms with van der Waals surface area (Å²) >= 11 is 0. The Labute approximate surface area is 92.0 Å². The second kappa shape index (κ2) is 5.50. The van der Waals surface area contributed by atoms with E-state index >= 15 is 0 Å². The average molecular weight is 210 g/mol. The van der Waals surface area contributed by atoms with Crippen molar-refractivity contribution in [2.45, 2.75) is 51.0 Å². The first-order chi connectivity index (χ1) is 7.34. The van der Waals surface area contributed by atoms with E-state index in [0.29, 0.717) is 6.04 Å². The Hall–Kier alpha value is -0.570. The van der Waals surface area contributed by atoms with Crippen molar-refractivity contribution in [3.05, 3.63) is 0 Å². The van der Waals surface area contributed by atoms with Gasteiger partial charge in [0, 0.05) is 12.5 Å². The number of hydrogen-bond donors (Lipinski definition) is 2. The number of nitrogens with one attached hydrogen (secondary N) is 2. The number of rotatable bonds is 4. The van der Waals surface area contributed by atoms with Gasteiger partial charge in [0.15, 0.2) is 0 Å². The SMILES string of the molecule is O=C(CCC1CCCNCC1)NC1CC1. The van der Waals surface area contributed by atoms with Crippen LogP contribution in [0.3, 0.4) is 0 Å². The van der Waals surface area contributed by atoms with Crippen LogP contribution in [0.25, 0.3) is 0 Å². The number of hydrogen-bond acceptors (Lipinski definition) is 2. The van der Waals surface area contributed by atoms with Gasteiger partial charge >= 0.3 is 0 Å². The minimum atomic E-state index is 0.273. The molecule has 2 fully saturated rings. The summed E-state index contributed by atoms with van der Waals surface area (Å²) in [6.07, 6.45) is 8.02.